The highest BCUT2D eigenvalue weighted by molar-refractivity contribution is 7.48. The minimum atomic E-state index is 0.494. The van der Waals surface area contributed by atoms with Crippen LogP contribution in [0.3, 0.4) is 0 Å². The summed E-state index contributed by atoms with van der Waals surface area (Å²) in [6.07, 6.45) is 4.21. The zero-order chi connectivity index (χ0) is 11.8. The molecule has 2 atom stereocenters. The van der Waals surface area contributed by atoms with Gasteiger partial charge in [-0.2, -0.15) is 0 Å². The maximum Gasteiger partial charge on any atom is 0.0889 e. The van der Waals surface area contributed by atoms with Gasteiger partial charge in [0, 0.05) is 23.6 Å². The molecule has 0 amide bonds. The Morgan fingerprint density at radius 2 is 1.00 bits per heavy atom. The Bertz CT molecular complexity index is 370. The first-order valence-electron chi connectivity index (χ1n) is 6.22. The van der Waals surface area contributed by atoms with Crippen molar-refractivity contribution in [1.29, 1.82) is 0 Å². The van der Waals surface area contributed by atoms with Crippen molar-refractivity contribution < 1.29 is 0 Å². The molecule has 0 heterocycles. The lowest BCUT2D eigenvalue weighted by molar-refractivity contribution is 1.12. The van der Waals surface area contributed by atoms with E-state index in [-0.39, 0.29) is 0 Å². The topological polar surface area (TPSA) is 0 Å². The summed E-state index contributed by atoms with van der Waals surface area (Å²) in [7, 11) is 0.987. The van der Waals surface area contributed by atoms with Crippen molar-refractivity contribution in [3.8, 4) is 0 Å². The molecule has 0 radical (unpaired) electrons. The lowest BCUT2D eigenvalue weighted by Crippen LogP contribution is -1.96. The lowest BCUT2D eigenvalue weighted by Gasteiger charge is -1.94. The molecule has 0 aliphatic rings. The highest BCUT2D eigenvalue weighted by Crippen LogP contribution is 2.16. The summed E-state index contributed by atoms with van der Waals surface area (Å²) in [6.45, 7) is 0. The van der Waals surface area contributed by atoms with E-state index in [0.29, 0.717) is 17.2 Å². The fraction of sp³-hybridized carbons (Fsp3) is 0.200. The third-order valence-corrected chi connectivity index (χ3v) is 5.87. The molecule has 0 aliphatic carbocycles. The summed E-state index contributed by atoms with van der Waals surface area (Å²) in [6, 6.07) is 21.9. The Hall–Kier alpha value is -0.700. The molecule has 2 unspecified atom stereocenters. The maximum atomic E-state index is 2.26. The van der Waals surface area contributed by atoms with Crippen LogP contribution in [0.5, 0.6) is 0 Å². The van der Waals surface area contributed by atoms with Gasteiger partial charge in [0.15, 0.2) is 0 Å². The molecule has 2 heteroatoms. The van der Waals surface area contributed by atoms with Crippen molar-refractivity contribution >= 4 is 27.8 Å². The molecule has 88 valence electrons. The molecular formula is C15H20P2+2. The van der Waals surface area contributed by atoms with Crippen molar-refractivity contribution in [2.24, 2.45) is 0 Å². The molecule has 17 heavy (non-hydrogen) atoms. The van der Waals surface area contributed by atoms with Crippen LogP contribution in [-0.4, -0.2) is 12.3 Å². The molecule has 0 saturated carbocycles. The van der Waals surface area contributed by atoms with E-state index in [1.165, 1.54) is 18.7 Å². The monoisotopic (exact) mass is 262 g/mol. The van der Waals surface area contributed by atoms with Gasteiger partial charge in [0.25, 0.3) is 0 Å². The molecule has 0 fully saturated rings. The number of hydrogen-bond donors (Lipinski definition) is 0. The number of hydrogen-bond acceptors (Lipinski definition) is 0. The van der Waals surface area contributed by atoms with E-state index in [0.717, 1.165) is 0 Å². The fourth-order valence-electron chi connectivity index (χ4n) is 1.83. The van der Waals surface area contributed by atoms with E-state index < -0.39 is 0 Å². The van der Waals surface area contributed by atoms with Gasteiger partial charge in [-0.1, -0.05) is 36.4 Å². The van der Waals surface area contributed by atoms with Crippen LogP contribution >= 0.6 is 17.2 Å². The summed E-state index contributed by atoms with van der Waals surface area (Å²) in [5.41, 5.74) is 0. The standard InChI is InChI=1S/C15H18P2/c1-3-8-14(9-4-1)16-12-7-13-17-15-10-5-2-6-11-15/h1-6,8-11,16-17H,7,12-13H2/p+2. The van der Waals surface area contributed by atoms with Crippen molar-refractivity contribution in [2.75, 3.05) is 12.3 Å². The van der Waals surface area contributed by atoms with E-state index in [2.05, 4.69) is 60.7 Å². The number of rotatable bonds is 6. The Balaban J connectivity index is 1.61. The van der Waals surface area contributed by atoms with Crippen molar-refractivity contribution in [3.63, 3.8) is 0 Å². The van der Waals surface area contributed by atoms with Gasteiger partial charge >= 0.3 is 0 Å². The van der Waals surface area contributed by atoms with Gasteiger partial charge in [-0.05, 0) is 24.3 Å². The zero-order valence-electron chi connectivity index (χ0n) is 10.0. The second-order valence-electron chi connectivity index (χ2n) is 4.16. The van der Waals surface area contributed by atoms with Crippen LogP contribution in [0.15, 0.2) is 60.7 Å². The molecule has 0 N–H and O–H groups in total. The van der Waals surface area contributed by atoms with Gasteiger partial charge in [-0.3, -0.25) is 0 Å². The minimum absolute atomic E-state index is 0.494. The summed E-state index contributed by atoms with van der Waals surface area (Å²) >= 11 is 0. The summed E-state index contributed by atoms with van der Waals surface area (Å²) < 4.78 is 0. The molecule has 2 rings (SSSR count). The lowest BCUT2D eigenvalue weighted by atomic mass is 10.4. The van der Waals surface area contributed by atoms with Gasteiger partial charge in [0.1, 0.15) is 0 Å². The summed E-state index contributed by atoms with van der Waals surface area (Å²) in [5.74, 6) is 0. The highest BCUT2D eigenvalue weighted by Gasteiger charge is 2.02. The van der Waals surface area contributed by atoms with E-state index in [9.17, 15) is 0 Å². The third kappa shape index (κ3) is 4.99. The molecular weight excluding hydrogens is 242 g/mol. The Morgan fingerprint density at radius 1 is 0.588 bits per heavy atom. The van der Waals surface area contributed by atoms with Crippen molar-refractivity contribution in [2.45, 2.75) is 6.42 Å². The molecule has 0 spiro atoms. The average Bonchev–Trinajstić information content (AvgIpc) is 2.41. The molecule has 0 aromatic heterocycles. The highest BCUT2D eigenvalue weighted by atomic mass is 31.1. The van der Waals surface area contributed by atoms with Crippen LogP contribution in [0.2, 0.25) is 0 Å². The fourth-order valence-corrected chi connectivity index (χ4v) is 4.84. The maximum absolute atomic E-state index is 2.26. The van der Waals surface area contributed by atoms with Crippen LogP contribution < -0.4 is 10.6 Å². The average molecular weight is 262 g/mol. The first-order chi connectivity index (χ1) is 8.45. The minimum Gasteiger partial charge on any atom is -0.0620 e. The van der Waals surface area contributed by atoms with E-state index in [1.807, 2.05) is 0 Å². The quantitative estimate of drug-likeness (QED) is 0.554. The molecule has 2 aromatic carbocycles. The second-order valence-corrected chi connectivity index (χ2v) is 7.47. The van der Waals surface area contributed by atoms with Gasteiger partial charge in [0.05, 0.1) is 22.9 Å². The van der Waals surface area contributed by atoms with Gasteiger partial charge in [0.2, 0.25) is 0 Å². The molecule has 0 saturated heterocycles. The van der Waals surface area contributed by atoms with E-state index in [1.54, 1.807) is 10.6 Å². The predicted octanol–water partition coefficient (Wildman–Crippen LogP) is 2.85. The Kier molecular flexibility index (Phi) is 5.69. The Labute approximate surface area is 107 Å². The summed E-state index contributed by atoms with van der Waals surface area (Å²) in [4.78, 5) is 0. The predicted molar refractivity (Wildman–Crippen MR) is 85.9 cm³/mol. The first-order valence-corrected chi connectivity index (χ1v) is 9.00. The summed E-state index contributed by atoms with van der Waals surface area (Å²) in [5, 5.41) is 3.12. The van der Waals surface area contributed by atoms with Gasteiger partial charge in [-0.15, -0.1) is 0 Å². The van der Waals surface area contributed by atoms with Crippen LogP contribution in [0, 0.1) is 0 Å². The van der Waals surface area contributed by atoms with Crippen molar-refractivity contribution in [1.82, 2.24) is 0 Å². The zero-order valence-corrected chi connectivity index (χ0v) is 12.4. The van der Waals surface area contributed by atoms with Gasteiger partial charge < -0.3 is 0 Å². The van der Waals surface area contributed by atoms with Crippen LogP contribution in [0.4, 0.5) is 0 Å². The van der Waals surface area contributed by atoms with Gasteiger partial charge in [-0.25, -0.2) is 0 Å². The molecule has 0 nitrogen and oxygen atoms in total. The van der Waals surface area contributed by atoms with Crippen LogP contribution in [0.1, 0.15) is 6.42 Å². The second kappa shape index (κ2) is 7.59. The Morgan fingerprint density at radius 3 is 1.41 bits per heavy atom. The van der Waals surface area contributed by atoms with E-state index >= 15 is 0 Å². The SMILES string of the molecule is c1ccc([PH2+]CCC[PH2+]c2ccccc2)cc1. The smallest absolute Gasteiger partial charge is 0.0620 e. The molecule has 2 aromatic rings. The van der Waals surface area contributed by atoms with Crippen molar-refractivity contribution in [3.05, 3.63) is 60.7 Å². The largest absolute Gasteiger partial charge is 0.0889 e. The molecule has 0 aliphatic heterocycles. The number of benzene rings is 2. The third-order valence-electron chi connectivity index (χ3n) is 2.77. The van der Waals surface area contributed by atoms with Crippen LogP contribution in [0.25, 0.3) is 0 Å². The molecule has 0 bridgehead atoms. The van der Waals surface area contributed by atoms with Crippen LogP contribution in [-0.2, 0) is 0 Å². The first kappa shape index (κ1) is 12.7. The normalized spacial score (nSPS) is 11.8. The van der Waals surface area contributed by atoms with E-state index in [4.69, 9.17) is 0 Å².